The van der Waals surface area contributed by atoms with Gasteiger partial charge in [0.05, 0.1) is 6.61 Å². The molecule has 6 N–H and O–H groups in total. The Morgan fingerprint density at radius 3 is 2.45 bits per heavy atom. The molecule has 0 aromatic heterocycles. The van der Waals surface area contributed by atoms with Gasteiger partial charge in [0.15, 0.2) is 5.81 Å². The van der Waals surface area contributed by atoms with Crippen LogP contribution in [0.4, 0.5) is 4.79 Å². The van der Waals surface area contributed by atoms with Crippen LogP contribution in [0.3, 0.4) is 0 Å². The first-order valence-corrected chi connectivity index (χ1v) is 2.87. The highest BCUT2D eigenvalue weighted by atomic mass is 16.3. The van der Waals surface area contributed by atoms with E-state index in [9.17, 15) is 9.59 Å². The monoisotopic (exact) mass is 158 g/mol. The van der Waals surface area contributed by atoms with Gasteiger partial charge >= 0.3 is 7.41 Å². The zero-order valence-corrected chi connectivity index (χ0v) is 5.78. The number of rotatable bonds is 4. The summed E-state index contributed by atoms with van der Waals surface area (Å²) >= 11 is 0. The van der Waals surface area contributed by atoms with Gasteiger partial charge in [0.1, 0.15) is 6.04 Å². The summed E-state index contributed by atoms with van der Waals surface area (Å²) in [6.07, 6.45) is 0. The standard InChI is InChI=1S/C4H9BN3O3/c6-3(10)2(1-9)8-4(11)5-7/h2,9H,1,7H2,(H2,6,10)(H,8,11)/t2-/m0/s1. The second-order valence-corrected chi connectivity index (χ2v) is 1.81. The number of nitrogens with one attached hydrogen (secondary N) is 1. The van der Waals surface area contributed by atoms with E-state index in [0.717, 1.165) is 7.41 Å². The molecule has 0 aliphatic heterocycles. The van der Waals surface area contributed by atoms with Crippen molar-refractivity contribution in [2.75, 3.05) is 6.61 Å². The van der Waals surface area contributed by atoms with Gasteiger partial charge in [-0.3, -0.25) is 9.59 Å². The summed E-state index contributed by atoms with van der Waals surface area (Å²) < 4.78 is 0. The maximum atomic E-state index is 10.5. The molecule has 11 heavy (non-hydrogen) atoms. The minimum atomic E-state index is -1.07. The molecule has 0 saturated heterocycles. The molecule has 0 heterocycles. The van der Waals surface area contributed by atoms with Gasteiger partial charge in [-0.05, 0) is 0 Å². The highest BCUT2D eigenvalue weighted by molar-refractivity contribution is 6.70. The highest BCUT2D eigenvalue weighted by Crippen LogP contribution is 1.79. The van der Waals surface area contributed by atoms with Crippen molar-refractivity contribution in [3.63, 3.8) is 0 Å². The number of aliphatic hydroxyl groups is 1. The normalized spacial score (nSPS) is 11.8. The van der Waals surface area contributed by atoms with E-state index in [0.29, 0.717) is 0 Å². The molecule has 1 radical (unpaired) electrons. The summed E-state index contributed by atoms with van der Waals surface area (Å²) in [7, 11) is 0.742. The lowest BCUT2D eigenvalue weighted by atomic mass is 9.96. The fourth-order valence-corrected chi connectivity index (χ4v) is 0.427. The Kier molecular flexibility index (Phi) is 4.24. The van der Waals surface area contributed by atoms with E-state index in [1.807, 2.05) is 0 Å². The number of aliphatic hydroxyl groups excluding tert-OH is 1. The van der Waals surface area contributed by atoms with E-state index in [-0.39, 0.29) is 0 Å². The molecule has 0 saturated carbocycles. The van der Waals surface area contributed by atoms with Crippen molar-refractivity contribution in [2.45, 2.75) is 6.04 Å². The molecule has 2 amide bonds. The molecule has 0 spiro atoms. The Morgan fingerprint density at radius 2 is 2.18 bits per heavy atom. The quantitative estimate of drug-likeness (QED) is 0.328. The Labute approximate surface area is 64.2 Å². The maximum absolute atomic E-state index is 10.5. The lowest BCUT2D eigenvalue weighted by molar-refractivity contribution is -0.120. The van der Waals surface area contributed by atoms with Crippen molar-refractivity contribution >= 4 is 19.1 Å². The van der Waals surface area contributed by atoms with Crippen molar-refractivity contribution in [3.8, 4) is 0 Å². The van der Waals surface area contributed by atoms with E-state index < -0.39 is 24.4 Å². The molecule has 0 rings (SSSR count). The van der Waals surface area contributed by atoms with Crippen LogP contribution >= 0.6 is 0 Å². The number of primary amides is 1. The maximum Gasteiger partial charge on any atom is 0.323 e. The van der Waals surface area contributed by atoms with Crippen LogP contribution < -0.4 is 16.7 Å². The summed E-state index contributed by atoms with van der Waals surface area (Å²) in [5.41, 5.74) is 9.59. The number of hydrogen-bond donors (Lipinski definition) is 4. The van der Waals surface area contributed by atoms with Gasteiger partial charge in [-0.15, -0.1) is 0 Å². The lowest BCUT2D eigenvalue weighted by Gasteiger charge is -2.10. The van der Waals surface area contributed by atoms with E-state index in [4.69, 9.17) is 16.5 Å². The van der Waals surface area contributed by atoms with Gasteiger partial charge in [0.2, 0.25) is 5.91 Å². The Morgan fingerprint density at radius 1 is 1.64 bits per heavy atom. The number of carbonyl (C=O) groups is 2. The van der Waals surface area contributed by atoms with Crippen molar-refractivity contribution in [2.24, 2.45) is 11.4 Å². The average molecular weight is 158 g/mol. The minimum absolute atomic E-state index is 0.533. The van der Waals surface area contributed by atoms with Crippen molar-refractivity contribution < 1.29 is 14.7 Å². The zero-order valence-electron chi connectivity index (χ0n) is 5.78. The zero-order chi connectivity index (χ0) is 8.85. The lowest BCUT2D eigenvalue weighted by Crippen LogP contribution is -2.49. The highest BCUT2D eigenvalue weighted by Gasteiger charge is 2.15. The average Bonchev–Trinajstić information content (AvgIpc) is 1.99. The summed E-state index contributed by atoms with van der Waals surface area (Å²) in [6.45, 7) is -0.533. The summed E-state index contributed by atoms with van der Waals surface area (Å²) in [6, 6.07) is -1.07. The van der Waals surface area contributed by atoms with Gasteiger partial charge in [-0.25, -0.2) is 0 Å². The van der Waals surface area contributed by atoms with Crippen LogP contribution in [0.15, 0.2) is 0 Å². The van der Waals surface area contributed by atoms with E-state index in [2.05, 4.69) is 5.32 Å². The van der Waals surface area contributed by atoms with Gasteiger partial charge in [0, 0.05) is 0 Å². The Balaban J connectivity index is 3.88. The van der Waals surface area contributed by atoms with E-state index in [1.54, 1.807) is 0 Å². The molecule has 0 aromatic carbocycles. The molecule has 0 bridgehead atoms. The van der Waals surface area contributed by atoms with Crippen LogP contribution in [-0.4, -0.2) is 36.9 Å². The summed E-state index contributed by atoms with van der Waals surface area (Å²) in [4.78, 5) is 20.8. The van der Waals surface area contributed by atoms with E-state index in [1.165, 1.54) is 0 Å². The fraction of sp³-hybridized carbons (Fsp3) is 0.500. The van der Waals surface area contributed by atoms with Crippen LogP contribution in [0.2, 0.25) is 0 Å². The summed E-state index contributed by atoms with van der Waals surface area (Å²) in [5.74, 6) is -1.45. The topological polar surface area (TPSA) is 118 Å². The predicted octanol–water partition coefficient (Wildman–Crippen LogP) is -2.88. The second kappa shape index (κ2) is 4.70. The number of carbonyl (C=O) groups excluding carboxylic acids is 2. The third-order valence-corrected chi connectivity index (χ3v) is 0.994. The van der Waals surface area contributed by atoms with E-state index >= 15 is 0 Å². The van der Waals surface area contributed by atoms with Gasteiger partial charge in [-0.1, -0.05) is 0 Å². The Bertz CT molecular complexity index is 163. The third-order valence-electron chi connectivity index (χ3n) is 0.994. The number of amides is 2. The fourth-order valence-electron chi connectivity index (χ4n) is 0.427. The molecule has 1 atom stereocenters. The molecule has 7 heteroatoms. The first-order chi connectivity index (χ1) is 5.11. The smallest absolute Gasteiger partial charge is 0.323 e. The molecule has 6 nitrogen and oxygen atoms in total. The van der Waals surface area contributed by atoms with Gasteiger partial charge < -0.3 is 21.8 Å². The van der Waals surface area contributed by atoms with Gasteiger partial charge in [0.25, 0.3) is 0 Å². The predicted molar refractivity (Wildman–Crippen MR) is 38.5 cm³/mol. The molecule has 0 unspecified atom stereocenters. The molecular weight excluding hydrogens is 149 g/mol. The SMILES string of the molecule is N[B]C(=O)N[C@@H](CO)C(N)=O. The molecule has 0 fully saturated rings. The molecule has 0 aliphatic carbocycles. The minimum Gasteiger partial charge on any atom is -0.394 e. The van der Waals surface area contributed by atoms with Crippen LogP contribution in [0.1, 0.15) is 0 Å². The first-order valence-electron chi connectivity index (χ1n) is 2.87. The second-order valence-electron chi connectivity index (χ2n) is 1.81. The summed E-state index contributed by atoms with van der Waals surface area (Å²) in [5, 5.41) is 10.5. The van der Waals surface area contributed by atoms with Gasteiger partial charge in [-0.2, -0.15) is 0 Å². The number of nitrogens with two attached hydrogens (primary N) is 2. The van der Waals surface area contributed by atoms with Crippen molar-refractivity contribution in [3.05, 3.63) is 0 Å². The third kappa shape index (κ3) is 3.59. The molecule has 0 aliphatic rings. The Hall–Kier alpha value is -1.08. The first kappa shape index (κ1) is 9.92. The largest absolute Gasteiger partial charge is 0.394 e. The van der Waals surface area contributed by atoms with Crippen LogP contribution in [0.25, 0.3) is 0 Å². The van der Waals surface area contributed by atoms with Crippen LogP contribution in [0.5, 0.6) is 0 Å². The van der Waals surface area contributed by atoms with Crippen molar-refractivity contribution in [1.82, 2.24) is 5.32 Å². The van der Waals surface area contributed by atoms with Crippen molar-refractivity contribution in [1.29, 1.82) is 0 Å². The molecule has 61 valence electrons. The van der Waals surface area contributed by atoms with Crippen LogP contribution in [0, 0.1) is 0 Å². The van der Waals surface area contributed by atoms with Crippen LogP contribution in [-0.2, 0) is 4.79 Å². The molecular formula is C4H9BN3O3. The molecule has 0 aromatic rings. The number of hydrogen-bond acceptors (Lipinski definition) is 4.